The second-order valence-electron chi connectivity index (χ2n) is 8.54. The Bertz CT molecular complexity index is 1420. The molecule has 0 heterocycles. The van der Waals surface area contributed by atoms with E-state index in [2.05, 4.69) is 146 Å². The smallest absolute Gasteiger partial charge is 0.0623 e. The lowest BCUT2D eigenvalue weighted by Gasteiger charge is -2.36. The van der Waals surface area contributed by atoms with Gasteiger partial charge in [-0.1, -0.05) is 146 Å². The number of fused-ring (bicyclic) bond motifs is 2. The third-order valence-electron chi connectivity index (χ3n) is 6.80. The van der Waals surface area contributed by atoms with Gasteiger partial charge in [-0.2, -0.15) is 0 Å². The Labute approximate surface area is 195 Å². The van der Waals surface area contributed by atoms with Crippen molar-refractivity contribution < 1.29 is 0 Å². The van der Waals surface area contributed by atoms with E-state index in [-0.39, 0.29) is 0 Å². The molecule has 0 radical (unpaired) electrons. The summed E-state index contributed by atoms with van der Waals surface area (Å²) in [5, 5.41) is 11.0. The Morgan fingerprint density at radius 3 is 1.12 bits per heavy atom. The SMILES string of the molecule is c1ccc([Si](c2ccccc2)(c2cccc3ccccc23)c2cccc3ccccc23)cc1. The van der Waals surface area contributed by atoms with Crippen molar-refractivity contribution in [3.63, 3.8) is 0 Å². The molecule has 0 aliphatic carbocycles. The van der Waals surface area contributed by atoms with Gasteiger partial charge < -0.3 is 0 Å². The van der Waals surface area contributed by atoms with Crippen LogP contribution in [0.4, 0.5) is 0 Å². The largest absolute Gasteiger partial charge is 0.180 e. The number of benzene rings is 6. The summed E-state index contributed by atoms with van der Waals surface area (Å²) in [6, 6.07) is 53.7. The van der Waals surface area contributed by atoms with Gasteiger partial charge in [-0.15, -0.1) is 0 Å². The van der Waals surface area contributed by atoms with Crippen LogP contribution in [0.25, 0.3) is 21.5 Å². The first-order valence-corrected chi connectivity index (χ1v) is 13.5. The van der Waals surface area contributed by atoms with Gasteiger partial charge >= 0.3 is 0 Å². The van der Waals surface area contributed by atoms with E-state index < -0.39 is 8.07 Å². The molecule has 6 rings (SSSR count). The summed E-state index contributed by atoms with van der Waals surface area (Å²) in [6.45, 7) is 0. The number of hydrogen-bond donors (Lipinski definition) is 0. The number of rotatable bonds is 4. The second-order valence-corrected chi connectivity index (χ2v) is 12.3. The predicted octanol–water partition coefficient (Wildman–Crippen LogP) is 5.37. The Morgan fingerprint density at radius 2 is 0.667 bits per heavy atom. The fraction of sp³-hybridized carbons (Fsp3) is 0. The lowest BCUT2D eigenvalue weighted by atomic mass is 10.1. The Kier molecular flexibility index (Phi) is 4.90. The van der Waals surface area contributed by atoms with E-state index in [0.717, 1.165) is 0 Å². The predicted molar refractivity (Wildman–Crippen MR) is 145 cm³/mol. The molecule has 0 saturated heterocycles. The van der Waals surface area contributed by atoms with Crippen LogP contribution in [0, 0.1) is 0 Å². The Balaban J connectivity index is 1.87. The van der Waals surface area contributed by atoms with Crippen LogP contribution in [0.2, 0.25) is 0 Å². The van der Waals surface area contributed by atoms with Crippen molar-refractivity contribution in [2.45, 2.75) is 0 Å². The molecule has 0 saturated carbocycles. The van der Waals surface area contributed by atoms with Crippen LogP contribution in [-0.4, -0.2) is 8.07 Å². The molecule has 0 nitrogen and oxygen atoms in total. The molecule has 0 aliphatic heterocycles. The van der Waals surface area contributed by atoms with E-state index in [9.17, 15) is 0 Å². The molecule has 0 amide bonds. The molecule has 33 heavy (non-hydrogen) atoms. The summed E-state index contributed by atoms with van der Waals surface area (Å²) in [5.74, 6) is 0. The highest BCUT2D eigenvalue weighted by Gasteiger charge is 2.43. The average Bonchev–Trinajstić information content (AvgIpc) is 2.91. The zero-order valence-corrected chi connectivity index (χ0v) is 19.4. The minimum Gasteiger partial charge on any atom is -0.0623 e. The van der Waals surface area contributed by atoms with Crippen molar-refractivity contribution in [3.05, 3.63) is 146 Å². The summed E-state index contributed by atoms with van der Waals surface area (Å²) in [7, 11) is -2.63. The number of hydrogen-bond acceptors (Lipinski definition) is 0. The van der Waals surface area contributed by atoms with E-state index in [1.807, 2.05) is 0 Å². The van der Waals surface area contributed by atoms with Crippen molar-refractivity contribution >= 4 is 50.4 Å². The van der Waals surface area contributed by atoms with E-state index in [1.165, 1.54) is 42.3 Å². The highest BCUT2D eigenvalue weighted by atomic mass is 28.3. The van der Waals surface area contributed by atoms with Gasteiger partial charge in [0.05, 0.1) is 0 Å². The average molecular weight is 437 g/mol. The lowest BCUT2D eigenvalue weighted by Crippen LogP contribution is -2.75. The molecule has 0 spiro atoms. The zero-order chi connectivity index (χ0) is 22.1. The summed E-state index contributed by atoms with van der Waals surface area (Å²) in [4.78, 5) is 0. The lowest BCUT2D eigenvalue weighted by molar-refractivity contribution is 1.69. The van der Waals surface area contributed by atoms with Gasteiger partial charge in [0.2, 0.25) is 0 Å². The molecular weight excluding hydrogens is 412 g/mol. The van der Waals surface area contributed by atoms with Crippen LogP contribution in [0.5, 0.6) is 0 Å². The summed E-state index contributed by atoms with van der Waals surface area (Å²) >= 11 is 0. The van der Waals surface area contributed by atoms with Gasteiger partial charge in [-0.25, -0.2) is 0 Å². The molecule has 0 fully saturated rings. The molecule has 0 atom stereocenters. The fourth-order valence-corrected chi connectivity index (χ4v) is 10.6. The molecule has 0 aliphatic rings. The fourth-order valence-electron chi connectivity index (χ4n) is 5.41. The minimum absolute atomic E-state index is 1.29. The quantitative estimate of drug-likeness (QED) is 0.257. The highest BCUT2D eigenvalue weighted by molar-refractivity contribution is 7.21. The second kappa shape index (κ2) is 8.20. The van der Waals surface area contributed by atoms with E-state index in [1.54, 1.807) is 0 Å². The van der Waals surface area contributed by atoms with Gasteiger partial charge in [-0.3, -0.25) is 0 Å². The van der Waals surface area contributed by atoms with Crippen molar-refractivity contribution in [3.8, 4) is 0 Å². The zero-order valence-electron chi connectivity index (χ0n) is 18.4. The molecule has 6 aromatic rings. The van der Waals surface area contributed by atoms with E-state index in [4.69, 9.17) is 0 Å². The monoisotopic (exact) mass is 436 g/mol. The normalized spacial score (nSPS) is 11.6. The maximum absolute atomic E-state index is 2.63. The van der Waals surface area contributed by atoms with Gasteiger partial charge in [0.1, 0.15) is 0 Å². The molecule has 1 heteroatoms. The van der Waals surface area contributed by atoms with Crippen LogP contribution < -0.4 is 20.7 Å². The molecule has 6 aromatic carbocycles. The topological polar surface area (TPSA) is 0 Å². The van der Waals surface area contributed by atoms with Crippen molar-refractivity contribution in [1.29, 1.82) is 0 Å². The van der Waals surface area contributed by atoms with Crippen molar-refractivity contribution in [2.75, 3.05) is 0 Å². The Hall–Kier alpha value is -3.94. The third-order valence-corrected chi connectivity index (χ3v) is 11.7. The van der Waals surface area contributed by atoms with Crippen molar-refractivity contribution in [2.24, 2.45) is 0 Å². The van der Waals surface area contributed by atoms with Crippen LogP contribution >= 0.6 is 0 Å². The summed E-state index contributed by atoms with van der Waals surface area (Å²) in [6.07, 6.45) is 0. The summed E-state index contributed by atoms with van der Waals surface area (Å²) in [5.41, 5.74) is 0. The first kappa shape index (κ1) is 19.7. The summed E-state index contributed by atoms with van der Waals surface area (Å²) < 4.78 is 0. The Morgan fingerprint density at radius 1 is 0.303 bits per heavy atom. The standard InChI is InChI=1S/C32H24Si/c1-3-17-27(18-4-1)33(28-19-5-2-6-20-28,31-23-11-15-25-13-7-9-21-29(25)31)32-24-12-16-26-14-8-10-22-30(26)32/h1-24H. The molecular formula is C32H24Si. The maximum atomic E-state index is 2.37. The molecule has 0 bridgehead atoms. The minimum atomic E-state index is -2.63. The third kappa shape index (κ3) is 3.13. The van der Waals surface area contributed by atoms with Gasteiger partial charge in [0.15, 0.2) is 8.07 Å². The van der Waals surface area contributed by atoms with Gasteiger partial charge in [-0.05, 0) is 42.3 Å². The van der Waals surface area contributed by atoms with Gasteiger partial charge in [0, 0.05) is 0 Å². The van der Waals surface area contributed by atoms with Crippen LogP contribution in [0.15, 0.2) is 146 Å². The first-order valence-electron chi connectivity index (χ1n) is 11.5. The van der Waals surface area contributed by atoms with Crippen LogP contribution in [0.1, 0.15) is 0 Å². The van der Waals surface area contributed by atoms with Gasteiger partial charge in [0.25, 0.3) is 0 Å². The van der Waals surface area contributed by atoms with Crippen LogP contribution in [-0.2, 0) is 0 Å². The molecule has 0 unspecified atom stereocenters. The molecule has 156 valence electrons. The van der Waals surface area contributed by atoms with Crippen molar-refractivity contribution in [1.82, 2.24) is 0 Å². The molecule has 0 aromatic heterocycles. The molecule has 0 N–H and O–H groups in total. The van der Waals surface area contributed by atoms with E-state index in [0.29, 0.717) is 0 Å². The van der Waals surface area contributed by atoms with E-state index >= 15 is 0 Å². The maximum Gasteiger partial charge on any atom is 0.180 e. The highest BCUT2D eigenvalue weighted by Crippen LogP contribution is 2.21. The first-order chi connectivity index (χ1) is 16.4. The van der Waals surface area contributed by atoms with Crippen LogP contribution in [0.3, 0.4) is 0 Å².